The number of hydrogen-bond donors (Lipinski definition) is 2. The molecule has 2 aliphatic rings. The van der Waals surface area contributed by atoms with Crippen molar-refractivity contribution < 1.29 is 33.0 Å². The topological polar surface area (TPSA) is 84.9 Å². The Morgan fingerprint density at radius 2 is 1.80 bits per heavy atom. The fraction of sp³-hybridized carbons (Fsp3) is 0.481. The molecule has 2 fully saturated rings. The number of halogens is 2. The first-order valence-corrected chi connectivity index (χ1v) is 12.2. The van der Waals surface area contributed by atoms with Gasteiger partial charge in [-0.1, -0.05) is 31.0 Å². The van der Waals surface area contributed by atoms with E-state index in [1.165, 1.54) is 6.07 Å². The molecular weight excluding hydrogens is 456 g/mol. The van der Waals surface area contributed by atoms with E-state index >= 15 is 0 Å². The molecule has 2 aromatic rings. The second-order valence-corrected chi connectivity index (χ2v) is 9.16. The Hall–Kier alpha value is -3.00. The summed E-state index contributed by atoms with van der Waals surface area (Å²) in [4.78, 5) is 24.6. The van der Waals surface area contributed by atoms with Gasteiger partial charge in [-0.25, -0.2) is 8.78 Å². The quantitative estimate of drug-likeness (QED) is 0.417. The number of carbonyl (C=O) groups excluding carboxylic acids is 1. The summed E-state index contributed by atoms with van der Waals surface area (Å²) < 4.78 is 39.6. The van der Waals surface area contributed by atoms with Crippen LogP contribution in [-0.2, 0) is 20.9 Å². The van der Waals surface area contributed by atoms with Gasteiger partial charge >= 0.3 is 5.97 Å². The van der Waals surface area contributed by atoms with Crippen LogP contribution in [0.25, 0.3) is 11.1 Å². The average Bonchev–Trinajstić information content (AvgIpc) is 3.67. The van der Waals surface area contributed by atoms with Crippen molar-refractivity contribution in [3.8, 4) is 16.9 Å². The molecule has 1 amide bonds. The minimum Gasteiger partial charge on any atom is -0.493 e. The summed E-state index contributed by atoms with van der Waals surface area (Å²) in [7, 11) is 0. The van der Waals surface area contributed by atoms with Crippen molar-refractivity contribution in [2.75, 3.05) is 11.9 Å². The third-order valence-corrected chi connectivity index (χ3v) is 6.67. The second-order valence-electron chi connectivity index (χ2n) is 9.16. The van der Waals surface area contributed by atoms with E-state index < -0.39 is 24.2 Å². The van der Waals surface area contributed by atoms with Crippen molar-refractivity contribution in [1.82, 2.24) is 0 Å². The van der Waals surface area contributed by atoms with Gasteiger partial charge in [0.05, 0.1) is 36.7 Å². The molecule has 2 unspecified atom stereocenters. The van der Waals surface area contributed by atoms with Crippen molar-refractivity contribution in [3.63, 3.8) is 0 Å². The first kappa shape index (κ1) is 25.1. The van der Waals surface area contributed by atoms with Gasteiger partial charge in [-0.3, -0.25) is 9.59 Å². The van der Waals surface area contributed by atoms with Crippen molar-refractivity contribution in [2.24, 2.45) is 11.8 Å². The van der Waals surface area contributed by atoms with E-state index in [2.05, 4.69) is 5.32 Å². The zero-order valence-electron chi connectivity index (χ0n) is 19.8. The fourth-order valence-electron chi connectivity index (χ4n) is 4.76. The van der Waals surface area contributed by atoms with Gasteiger partial charge in [-0.05, 0) is 67.5 Å². The van der Waals surface area contributed by atoms with Gasteiger partial charge in [0.2, 0.25) is 5.91 Å². The molecule has 0 spiro atoms. The van der Waals surface area contributed by atoms with Gasteiger partial charge in [0, 0.05) is 5.69 Å². The molecule has 0 aromatic heterocycles. The number of rotatable bonds is 10. The van der Waals surface area contributed by atoms with Crippen molar-refractivity contribution in [3.05, 3.63) is 47.5 Å². The maximum Gasteiger partial charge on any atom is 0.307 e. The van der Waals surface area contributed by atoms with Gasteiger partial charge in [0.15, 0.2) is 0 Å². The largest absolute Gasteiger partial charge is 0.493 e. The predicted molar refractivity (Wildman–Crippen MR) is 128 cm³/mol. The van der Waals surface area contributed by atoms with E-state index in [1.54, 1.807) is 37.3 Å². The van der Waals surface area contributed by atoms with E-state index in [4.69, 9.17) is 9.47 Å². The molecule has 188 valence electrons. The molecule has 4 rings (SSSR count). The average molecular weight is 488 g/mol. The van der Waals surface area contributed by atoms with Crippen molar-refractivity contribution in [1.29, 1.82) is 0 Å². The molecule has 0 bridgehead atoms. The highest BCUT2D eigenvalue weighted by Crippen LogP contribution is 2.40. The predicted octanol–water partition coefficient (Wildman–Crippen LogP) is 6.20. The number of nitrogens with one attached hydrogen (secondary N) is 1. The van der Waals surface area contributed by atoms with Crippen LogP contribution in [0.15, 0.2) is 36.4 Å². The minimum atomic E-state index is -2.73. The van der Waals surface area contributed by atoms with Gasteiger partial charge in [0.25, 0.3) is 6.43 Å². The van der Waals surface area contributed by atoms with E-state index in [9.17, 15) is 23.5 Å². The number of aliphatic carboxylic acids is 1. The van der Waals surface area contributed by atoms with Crippen LogP contribution in [0.5, 0.6) is 5.75 Å². The minimum absolute atomic E-state index is 0.142. The van der Waals surface area contributed by atoms with Gasteiger partial charge in [0.1, 0.15) is 5.75 Å². The Morgan fingerprint density at radius 3 is 2.46 bits per heavy atom. The lowest BCUT2D eigenvalue weighted by Gasteiger charge is -2.27. The number of carboxylic acid groups (broad SMARTS) is 1. The SMILES string of the molecule is CCOc1cccc(-c2ccc(NC(=O)C3CCCCC3C(=O)O)cc2COC2CC2)c1C(F)F. The van der Waals surface area contributed by atoms with E-state index in [0.29, 0.717) is 35.2 Å². The van der Waals surface area contributed by atoms with Crippen LogP contribution < -0.4 is 10.1 Å². The first-order chi connectivity index (χ1) is 16.9. The molecule has 35 heavy (non-hydrogen) atoms. The molecule has 0 aliphatic heterocycles. The number of benzene rings is 2. The number of anilines is 1. The van der Waals surface area contributed by atoms with Crippen molar-refractivity contribution in [2.45, 2.75) is 64.6 Å². The number of ether oxygens (including phenoxy) is 2. The van der Waals surface area contributed by atoms with Crippen LogP contribution in [0.3, 0.4) is 0 Å². The highest BCUT2D eigenvalue weighted by molar-refractivity contribution is 5.95. The highest BCUT2D eigenvalue weighted by Gasteiger charge is 2.36. The van der Waals surface area contributed by atoms with Gasteiger partial charge in [-0.2, -0.15) is 0 Å². The Balaban J connectivity index is 1.65. The smallest absolute Gasteiger partial charge is 0.307 e. The molecule has 6 nitrogen and oxygen atoms in total. The maximum absolute atomic E-state index is 14.1. The lowest BCUT2D eigenvalue weighted by molar-refractivity contribution is -0.147. The first-order valence-electron chi connectivity index (χ1n) is 12.2. The Morgan fingerprint density at radius 1 is 1.06 bits per heavy atom. The lowest BCUT2D eigenvalue weighted by atomic mass is 9.78. The Bertz CT molecular complexity index is 1070. The van der Waals surface area contributed by atoms with Crippen LogP contribution >= 0.6 is 0 Å². The van der Waals surface area contributed by atoms with Gasteiger partial charge < -0.3 is 19.9 Å². The Labute approximate surface area is 203 Å². The van der Waals surface area contributed by atoms with Crippen LogP contribution in [0.1, 0.15) is 63.0 Å². The molecule has 2 saturated carbocycles. The normalized spacial score (nSPS) is 20.0. The third kappa shape index (κ3) is 5.99. The molecule has 2 aliphatic carbocycles. The zero-order chi connectivity index (χ0) is 24.9. The number of alkyl halides is 2. The summed E-state index contributed by atoms with van der Waals surface area (Å²) in [5, 5.41) is 12.4. The number of amides is 1. The molecule has 0 radical (unpaired) electrons. The summed E-state index contributed by atoms with van der Waals surface area (Å²) in [6.07, 6.45) is 1.98. The molecule has 2 aromatic carbocycles. The summed E-state index contributed by atoms with van der Waals surface area (Å²) >= 11 is 0. The van der Waals surface area contributed by atoms with Crippen LogP contribution in [0.4, 0.5) is 14.5 Å². The molecule has 2 atom stereocenters. The molecule has 8 heteroatoms. The van der Waals surface area contributed by atoms with Crippen LogP contribution in [-0.4, -0.2) is 29.7 Å². The fourth-order valence-corrected chi connectivity index (χ4v) is 4.76. The molecular formula is C27H31F2NO5. The Kier molecular flexibility index (Phi) is 8.00. The molecule has 2 N–H and O–H groups in total. The summed E-state index contributed by atoms with van der Waals surface area (Å²) in [5.41, 5.74) is 1.93. The third-order valence-electron chi connectivity index (χ3n) is 6.67. The van der Waals surface area contributed by atoms with Crippen LogP contribution in [0, 0.1) is 11.8 Å². The summed E-state index contributed by atoms with van der Waals surface area (Å²) in [5.74, 6) is -2.43. The summed E-state index contributed by atoms with van der Waals surface area (Å²) in [6.45, 7) is 2.23. The highest BCUT2D eigenvalue weighted by atomic mass is 19.3. The zero-order valence-corrected chi connectivity index (χ0v) is 19.8. The second kappa shape index (κ2) is 11.2. The van der Waals surface area contributed by atoms with E-state index in [-0.39, 0.29) is 36.5 Å². The van der Waals surface area contributed by atoms with Crippen LogP contribution in [0.2, 0.25) is 0 Å². The monoisotopic (exact) mass is 487 g/mol. The summed E-state index contributed by atoms with van der Waals surface area (Å²) in [6, 6.07) is 9.95. The number of carbonyl (C=O) groups is 2. The van der Waals surface area contributed by atoms with Crippen molar-refractivity contribution >= 4 is 17.6 Å². The maximum atomic E-state index is 14.1. The van der Waals surface area contributed by atoms with E-state index in [1.807, 2.05) is 0 Å². The molecule has 0 heterocycles. The van der Waals surface area contributed by atoms with E-state index in [0.717, 1.165) is 25.7 Å². The number of hydrogen-bond acceptors (Lipinski definition) is 4. The van der Waals surface area contributed by atoms with Gasteiger partial charge in [-0.15, -0.1) is 0 Å². The number of carboxylic acids is 1. The standard InChI is InChI=1S/C27H31F2NO5/c1-2-34-23-9-5-8-20(24(23)25(28)29)19-13-10-17(14-16(19)15-35-18-11-12-18)30-26(31)21-6-3-4-7-22(21)27(32)33/h5,8-10,13-14,18,21-22,25H,2-4,6-7,11-12,15H2,1H3,(H,30,31)(H,32,33). The lowest BCUT2D eigenvalue weighted by Crippen LogP contribution is -2.36. The molecule has 0 saturated heterocycles.